The zero-order valence-electron chi connectivity index (χ0n) is 15.7. The van der Waals surface area contributed by atoms with E-state index in [2.05, 4.69) is 4.72 Å². The Morgan fingerprint density at radius 1 is 1.19 bits per heavy atom. The molecule has 0 unspecified atom stereocenters. The van der Waals surface area contributed by atoms with Crippen molar-refractivity contribution in [3.8, 4) is 11.5 Å². The highest BCUT2D eigenvalue weighted by atomic mass is 32.2. The molecule has 2 aliphatic rings. The number of methoxy groups -OCH3 is 2. The van der Waals surface area contributed by atoms with Crippen molar-refractivity contribution >= 4 is 16.1 Å². The van der Waals surface area contributed by atoms with Crippen LogP contribution in [0.25, 0.3) is 0 Å². The van der Waals surface area contributed by atoms with Crippen LogP contribution < -0.4 is 14.2 Å². The highest BCUT2D eigenvalue weighted by molar-refractivity contribution is 7.87. The molecule has 3 rings (SSSR count). The summed E-state index contributed by atoms with van der Waals surface area (Å²) in [6, 6.07) is 3.91. The summed E-state index contributed by atoms with van der Waals surface area (Å²) in [6.45, 7) is 1.87. The van der Waals surface area contributed by atoms with Gasteiger partial charge in [0, 0.05) is 20.1 Å². The predicted molar refractivity (Wildman–Crippen MR) is 97.9 cm³/mol. The summed E-state index contributed by atoms with van der Waals surface area (Å²) < 4.78 is 44.8. The number of hydrogen-bond acceptors (Lipinski definition) is 6. The third kappa shape index (κ3) is 4.03. The SMILES string of the molecule is COc1ccc([C@@H]2C[C@H](C(=O)N3CCOCC3)N(C)S(=O)(=O)N2)cc1OC. The Morgan fingerprint density at radius 3 is 2.48 bits per heavy atom. The van der Waals surface area contributed by atoms with Crippen LogP contribution >= 0.6 is 0 Å². The van der Waals surface area contributed by atoms with E-state index in [1.807, 2.05) is 0 Å². The predicted octanol–water partition coefficient (Wildman–Crippen LogP) is 0.142. The molecule has 0 aliphatic carbocycles. The van der Waals surface area contributed by atoms with E-state index in [1.54, 1.807) is 23.1 Å². The van der Waals surface area contributed by atoms with Gasteiger partial charge in [0.05, 0.1) is 33.5 Å². The summed E-state index contributed by atoms with van der Waals surface area (Å²) in [5.41, 5.74) is 0.712. The summed E-state index contributed by atoms with van der Waals surface area (Å²) in [5, 5.41) is 0. The molecule has 0 bridgehead atoms. The number of nitrogens with one attached hydrogen (secondary N) is 1. The van der Waals surface area contributed by atoms with Crippen molar-refractivity contribution in [3.05, 3.63) is 23.8 Å². The van der Waals surface area contributed by atoms with Gasteiger partial charge in [-0.1, -0.05) is 6.07 Å². The first kappa shape index (κ1) is 19.9. The molecule has 1 aromatic rings. The normalized spacial score (nSPS) is 25.8. The molecular weight excluding hydrogens is 374 g/mol. The number of benzene rings is 1. The van der Waals surface area contributed by atoms with Crippen LogP contribution in [0.4, 0.5) is 0 Å². The molecule has 0 spiro atoms. The van der Waals surface area contributed by atoms with Gasteiger partial charge in [-0.15, -0.1) is 0 Å². The van der Waals surface area contributed by atoms with Crippen molar-refractivity contribution in [2.24, 2.45) is 0 Å². The van der Waals surface area contributed by atoms with Crippen LogP contribution in [0, 0.1) is 0 Å². The standard InChI is InChI=1S/C17H25N3O6S/c1-19-14(17(21)20-6-8-26-9-7-20)11-13(18-27(19,22)23)12-4-5-15(24-2)16(10-12)25-3/h4-5,10,13-14,18H,6-9,11H2,1-3H3/t13-,14+/m0/s1. The molecule has 27 heavy (non-hydrogen) atoms. The fourth-order valence-electron chi connectivity index (χ4n) is 3.37. The summed E-state index contributed by atoms with van der Waals surface area (Å²) in [4.78, 5) is 14.6. The van der Waals surface area contributed by atoms with Gasteiger partial charge in [0.2, 0.25) is 5.91 Å². The lowest BCUT2D eigenvalue weighted by atomic mass is 9.98. The largest absolute Gasteiger partial charge is 0.493 e. The zero-order chi connectivity index (χ0) is 19.6. The van der Waals surface area contributed by atoms with Gasteiger partial charge >= 0.3 is 0 Å². The second-order valence-corrected chi connectivity index (χ2v) is 8.26. The van der Waals surface area contributed by atoms with Crippen molar-refractivity contribution in [1.29, 1.82) is 0 Å². The maximum Gasteiger partial charge on any atom is 0.280 e. The minimum Gasteiger partial charge on any atom is -0.493 e. The molecule has 1 N–H and O–H groups in total. The highest BCUT2D eigenvalue weighted by Crippen LogP contribution is 2.34. The molecule has 1 amide bonds. The van der Waals surface area contributed by atoms with Gasteiger partial charge in [-0.3, -0.25) is 4.79 Å². The van der Waals surface area contributed by atoms with Crippen molar-refractivity contribution in [2.75, 3.05) is 47.6 Å². The molecule has 150 valence electrons. The minimum absolute atomic E-state index is 0.198. The number of rotatable bonds is 4. The monoisotopic (exact) mass is 399 g/mol. The Morgan fingerprint density at radius 2 is 1.85 bits per heavy atom. The molecule has 0 saturated carbocycles. The zero-order valence-corrected chi connectivity index (χ0v) is 16.5. The Balaban J connectivity index is 1.88. The maximum absolute atomic E-state index is 12.9. The van der Waals surface area contributed by atoms with Gasteiger partial charge < -0.3 is 19.1 Å². The van der Waals surface area contributed by atoms with E-state index < -0.39 is 22.3 Å². The number of ether oxygens (including phenoxy) is 3. The van der Waals surface area contributed by atoms with E-state index >= 15 is 0 Å². The van der Waals surface area contributed by atoms with Crippen molar-refractivity contribution in [1.82, 2.24) is 13.9 Å². The second-order valence-electron chi connectivity index (χ2n) is 6.50. The highest BCUT2D eigenvalue weighted by Gasteiger charge is 2.42. The summed E-state index contributed by atoms with van der Waals surface area (Å²) in [6.07, 6.45) is 0.321. The van der Waals surface area contributed by atoms with Gasteiger partial charge in [-0.05, 0) is 24.1 Å². The molecular formula is C17H25N3O6S. The molecule has 9 nitrogen and oxygen atoms in total. The van der Waals surface area contributed by atoms with Crippen LogP contribution in [0.5, 0.6) is 11.5 Å². The molecule has 2 atom stereocenters. The third-order valence-corrected chi connectivity index (χ3v) is 6.58. The van der Waals surface area contributed by atoms with Gasteiger partial charge in [0.1, 0.15) is 6.04 Å². The van der Waals surface area contributed by atoms with Crippen LogP contribution in [-0.4, -0.2) is 77.1 Å². The summed E-state index contributed by atoms with van der Waals surface area (Å²) in [7, 11) is 0.686. The second kappa shape index (κ2) is 8.01. The first-order valence-electron chi connectivity index (χ1n) is 8.71. The molecule has 10 heteroatoms. The molecule has 0 aromatic heterocycles. The number of likely N-dealkylation sites (N-methyl/N-ethyl adjacent to an activating group) is 1. The fraction of sp³-hybridized carbons (Fsp3) is 0.588. The molecule has 2 saturated heterocycles. The van der Waals surface area contributed by atoms with E-state index in [0.29, 0.717) is 49.8 Å². The van der Waals surface area contributed by atoms with Gasteiger partial charge in [0.25, 0.3) is 10.2 Å². The van der Waals surface area contributed by atoms with Crippen LogP contribution in [0.3, 0.4) is 0 Å². The molecule has 2 heterocycles. The van der Waals surface area contributed by atoms with E-state index in [1.165, 1.54) is 21.3 Å². The first-order valence-corrected chi connectivity index (χ1v) is 10.1. The average molecular weight is 399 g/mol. The van der Waals surface area contributed by atoms with E-state index in [0.717, 1.165) is 4.31 Å². The number of carbonyl (C=O) groups excluding carboxylic acids is 1. The third-order valence-electron chi connectivity index (χ3n) is 4.99. The van der Waals surface area contributed by atoms with Crippen molar-refractivity contribution in [2.45, 2.75) is 18.5 Å². The Hall–Kier alpha value is -1.88. The average Bonchev–Trinajstić information content (AvgIpc) is 2.69. The van der Waals surface area contributed by atoms with Gasteiger partial charge in [-0.25, -0.2) is 0 Å². The molecule has 1 aromatic carbocycles. The number of nitrogens with zero attached hydrogens (tertiary/aromatic N) is 2. The Kier molecular flexibility index (Phi) is 5.89. The number of amides is 1. The smallest absolute Gasteiger partial charge is 0.280 e. The number of carbonyl (C=O) groups is 1. The molecule has 0 radical (unpaired) electrons. The van der Waals surface area contributed by atoms with Gasteiger partial charge in [-0.2, -0.15) is 17.4 Å². The first-order chi connectivity index (χ1) is 12.9. The Bertz CT molecular complexity index is 794. The van der Waals surface area contributed by atoms with Crippen LogP contribution in [0.15, 0.2) is 18.2 Å². The van der Waals surface area contributed by atoms with Crippen LogP contribution in [0.2, 0.25) is 0 Å². The van der Waals surface area contributed by atoms with Gasteiger partial charge in [0.15, 0.2) is 11.5 Å². The lowest BCUT2D eigenvalue weighted by molar-refractivity contribution is -0.139. The number of morpholine rings is 1. The van der Waals surface area contributed by atoms with E-state index in [-0.39, 0.29) is 5.91 Å². The van der Waals surface area contributed by atoms with Crippen LogP contribution in [0.1, 0.15) is 18.0 Å². The molecule has 2 fully saturated rings. The fourth-order valence-corrected chi connectivity index (χ4v) is 4.64. The topological polar surface area (TPSA) is 97.4 Å². The lowest BCUT2D eigenvalue weighted by Gasteiger charge is -2.39. The van der Waals surface area contributed by atoms with Crippen molar-refractivity contribution < 1.29 is 27.4 Å². The van der Waals surface area contributed by atoms with E-state index in [4.69, 9.17) is 14.2 Å². The summed E-state index contributed by atoms with van der Waals surface area (Å²) in [5.74, 6) is 0.860. The van der Waals surface area contributed by atoms with E-state index in [9.17, 15) is 13.2 Å². The Labute approximate surface area is 159 Å². The number of hydrogen-bond donors (Lipinski definition) is 1. The molecule has 2 aliphatic heterocycles. The summed E-state index contributed by atoms with van der Waals surface area (Å²) >= 11 is 0. The quantitative estimate of drug-likeness (QED) is 0.774. The van der Waals surface area contributed by atoms with Crippen molar-refractivity contribution in [3.63, 3.8) is 0 Å². The maximum atomic E-state index is 12.9. The lowest BCUT2D eigenvalue weighted by Crippen LogP contribution is -2.58. The minimum atomic E-state index is -3.79. The van der Waals surface area contributed by atoms with Crippen LogP contribution in [-0.2, 0) is 19.7 Å².